The fourth-order valence-electron chi connectivity index (χ4n) is 7.05. The summed E-state index contributed by atoms with van der Waals surface area (Å²) in [4.78, 5) is 21.0. The molecule has 5 heterocycles. The van der Waals surface area contributed by atoms with Gasteiger partial charge in [0.2, 0.25) is 0 Å². The van der Waals surface area contributed by atoms with Crippen LogP contribution in [0.5, 0.6) is 0 Å². The first-order valence-corrected chi connectivity index (χ1v) is 14.3. The molecule has 0 amide bonds. The van der Waals surface area contributed by atoms with Crippen LogP contribution in [0.1, 0.15) is 56.9 Å². The minimum atomic E-state index is -0.731. The van der Waals surface area contributed by atoms with Gasteiger partial charge in [-0.05, 0) is 50.6 Å². The Kier molecular flexibility index (Phi) is 6.80. The second kappa shape index (κ2) is 10.2. The quantitative estimate of drug-likeness (QED) is 0.309. The molecule has 0 spiro atoms. The molecule has 4 aliphatic heterocycles. The lowest BCUT2D eigenvalue weighted by atomic mass is 9.82. The van der Waals surface area contributed by atoms with Gasteiger partial charge in [-0.15, -0.1) is 0 Å². The minimum absolute atomic E-state index is 0.00662. The van der Waals surface area contributed by atoms with E-state index in [2.05, 4.69) is 28.9 Å². The molecule has 2 bridgehead atoms. The second-order valence-corrected chi connectivity index (χ2v) is 11.6. The van der Waals surface area contributed by atoms with Gasteiger partial charge in [-0.1, -0.05) is 48.9 Å². The minimum Gasteiger partial charge on any atom is -0.454 e. The van der Waals surface area contributed by atoms with E-state index in [-0.39, 0.29) is 12.1 Å². The molecule has 6 heteroatoms. The molecule has 1 aromatic heterocycles. The number of fused-ring (bicyclic) bond motifs is 4. The number of aromatic nitrogens is 1. The van der Waals surface area contributed by atoms with E-state index < -0.39 is 5.54 Å². The Balaban J connectivity index is 1.13. The van der Waals surface area contributed by atoms with Gasteiger partial charge in [-0.2, -0.15) is 0 Å². The van der Waals surface area contributed by atoms with Crippen LogP contribution >= 0.6 is 0 Å². The summed E-state index contributed by atoms with van der Waals surface area (Å²) in [6.07, 6.45) is 7.71. The summed E-state index contributed by atoms with van der Waals surface area (Å²) in [7, 11) is 0. The van der Waals surface area contributed by atoms with Crippen molar-refractivity contribution in [2.24, 2.45) is 5.92 Å². The van der Waals surface area contributed by atoms with Crippen LogP contribution in [0, 0.1) is 5.92 Å². The molecular weight excluding hydrogens is 462 g/mol. The van der Waals surface area contributed by atoms with E-state index in [4.69, 9.17) is 9.15 Å². The number of carbonyl (C=O) groups is 1. The first-order chi connectivity index (χ1) is 18.1. The number of benzene rings is 2. The highest BCUT2D eigenvalue weighted by molar-refractivity contribution is 5.82. The SMILES string of the molecule is C[C@@](C(=O)O[C@H]1C[N+]2(CCCc3nc4ccccc4o3)CCC1CC2)(c1ccccc1)N1CCCCC1. The summed E-state index contributed by atoms with van der Waals surface area (Å²) >= 11 is 0. The predicted molar refractivity (Wildman–Crippen MR) is 144 cm³/mol. The summed E-state index contributed by atoms with van der Waals surface area (Å²) in [5.74, 6) is 1.25. The molecule has 0 saturated carbocycles. The van der Waals surface area contributed by atoms with Crippen LogP contribution in [0.2, 0.25) is 0 Å². The number of quaternary nitrogens is 1. The van der Waals surface area contributed by atoms with Crippen LogP contribution in [0.3, 0.4) is 0 Å². The number of carbonyl (C=O) groups excluding carboxylic acids is 1. The van der Waals surface area contributed by atoms with Crippen LogP contribution in [-0.2, 0) is 21.5 Å². The van der Waals surface area contributed by atoms with Gasteiger partial charge in [-0.3, -0.25) is 4.90 Å². The van der Waals surface area contributed by atoms with Gasteiger partial charge in [0.1, 0.15) is 17.6 Å². The van der Waals surface area contributed by atoms with E-state index in [1.165, 1.54) is 19.5 Å². The largest absolute Gasteiger partial charge is 0.454 e. The lowest BCUT2D eigenvalue weighted by molar-refractivity contribution is -0.946. The Morgan fingerprint density at radius 2 is 1.78 bits per heavy atom. The molecule has 4 saturated heterocycles. The van der Waals surface area contributed by atoms with Crippen molar-refractivity contribution in [2.45, 2.75) is 63.5 Å². The number of rotatable bonds is 8. The number of esters is 1. The summed E-state index contributed by atoms with van der Waals surface area (Å²) in [5, 5.41) is 0. The third-order valence-electron chi connectivity index (χ3n) is 9.38. The van der Waals surface area contributed by atoms with Gasteiger partial charge < -0.3 is 13.6 Å². The number of oxazole rings is 1. The second-order valence-electron chi connectivity index (χ2n) is 11.6. The van der Waals surface area contributed by atoms with E-state index in [0.29, 0.717) is 5.92 Å². The molecule has 37 heavy (non-hydrogen) atoms. The van der Waals surface area contributed by atoms with Crippen molar-refractivity contribution < 1.29 is 18.4 Å². The van der Waals surface area contributed by atoms with Crippen molar-refractivity contribution in [1.82, 2.24) is 9.88 Å². The standard InChI is InChI=1S/C31H40N3O3/c1-31(25-11-4-2-5-12-25,33-18-8-3-9-19-33)30(35)37-28-23-34(21-16-24(28)17-22-34)20-10-15-29-32-26-13-6-7-14-27(26)36-29/h2,4-7,11-14,24,28H,3,8-10,15-23H2,1H3/q+1/t24?,28-,31-,34?/m0/s1. The molecule has 0 radical (unpaired) electrons. The van der Waals surface area contributed by atoms with Crippen LogP contribution < -0.4 is 0 Å². The molecule has 4 aliphatic rings. The zero-order valence-corrected chi connectivity index (χ0v) is 22.1. The molecule has 0 N–H and O–H groups in total. The lowest BCUT2D eigenvalue weighted by Gasteiger charge is -2.52. The van der Waals surface area contributed by atoms with E-state index in [0.717, 1.165) is 91.7 Å². The zero-order valence-electron chi connectivity index (χ0n) is 22.1. The Morgan fingerprint density at radius 1 is 1.05 bits per heavy atom. The summed E-state index contributed by atoms with van der Waals surface area (Å²) in [6.45, 7) is 8.38. The van der Waals surface area contributed by atoms with Gasteiger partial charge in [0.15, 0.2) is 17.6 Å². The highest BCUT2D eigenvalue weighted by Crippen LogP contribution is 2.39. The number of hydrogen-bond acceptors (Lipinski definition) is 5. The molecule has 3 aromatic rings. The average molecular weight is 503 g/mol. The lowest BCUT2D eigenvalue weighted by Crippen LogP contribution is -2.65. The van der Waals surface area contributed by atoms with Crippen LogP contribution in [0.15, 0.2) is 59.0 Å². The van der Waals surface area contributed by atoms with Crippen molar-refractivity contribution in [3.8, 4) is 0 Å². The monoisotopic (exact) mass is 502 g/mol. The third kappa shape index (κ3) is 4.82. The Bertz CT molecular complexity index is 1180. The Hall–Kier alpha value is -2.70. The van der Waals surface area contributed by atoms with E-state index >= 15 is 0 Å². The van der Waals surface area contributed by atoms with Gasteiger partial charge in [0, 0.05) is 31.6 Å². The molecule has 0 aliphatic carbocycles. The number of likely N-dealkylation sites (tertiary alicyclic amines) is 1. The average Bonchev–Trinajstić information content (AvgIpc) is 3.37. The molecule has 4 fully saturated rings. The first-order valence-electron chi connectivity index (χ1n) is 14.3. The van der Waals surface area contributed by atoms with Crippen molar-refractivity contribution in [3.63, 3.8) is 0 Å². The fourth-order valence-corrected chi connectivity index (χ4v) is 7.05. The normalized spacial score (nSPS) is 27.7. The highest BCUT2D eigenvalue weighted by Gasteiger charge is 2.50. The summed E-state index contributed by atoms with van der Waals surface area (Å²) in [6, 6.07) is 18.3. The first kappa shape index (κ1) is 24.6. The van der Waals surface area contributed by atoms with E-state index in [9.17, 15) is 4.79 Å². The summed E-state index contributed by atoms with van der Waals surface area (Å²) < 4.78 is 13.5. The third-order valence-corrected chi connectivity index (χ3v) is 9.38. The molecule has 2 aromatic carbocycles. The molecule has 0 unspecified atom stereocenters. The zero-order chi connectivity index (χ0) is 25.3. The van der Waals surface area contributed by atoms with Gasteiger partial charge in [0.25, 0.3) is 0 Å². The molecule has 2 atom stereocenters. The van der Waals surface area contributed by atoms with Gasteiger partial charge >= 0.3 is 5.97 Å². The molecule has 196 valence electrons. The van der Waals surface area contributed by atoms with Crippen molar-refractivity contribution in [3.05, 3.63) is 66.1 Å². The van der Waals surface area contributed by atoms with Gasteiger partial charge in [-0.25, -0.2) is 9.78 Å². The maximum atomic E-state index is 14.0. The highest BCUT2D eigenvalue weighted by atomic mass is 16.5. The maximum absolute atomic E-state index is 14.0. The van der Waals surface area contributed by atoms with Crippen LogP contribution in [0.25, 0.3) is 11.1 Å². The number of piperidine rings is 4. The van der Waals surface area contributed by atoms with Crippen molar-refractivity contribution in [1.29, 1.82) is 0 Å². The number of hydrogen-bond donors (Lipinski definition) is 0. The predicted octanol–water partition coefficient (Wildman–Crippen LogP) is 5.31. The molecule has 6 nitrogen and oxygen atoms in total. The van der Waals surface area contributed by atoms with Gasteiger partial charge in [0.05, 0.1) is 19.6 Å². The van der Waals surface area contributed by atoms with Crippen molar-refractivity contribution >= 4 is 17.1 Å². The van der Waals surface area contributed by atoms with Crippen LogP contribution in [0.4, 0.5) is 0 Å². The smallest absolute Gasteiger partial charge is 0.331 e. The molecule has 7 rings (SSSR count). The number of para-hydroxylation sites is 2. The number of aryl methyl sites for hydroxylation is 1. The number of ether oxygens (including phenoxy) is 1. The number of nitrogens with zero attached hydrogens (tertiary/aromatic N) is 3. The maximum Gasteiger partial charge on any atom is 0.331 e. The van der Waals surface area contributed by atoms with E-state index in [1.807, 2.05) is 42.5 Å². The summed E-state index contributed by atoms with van der Waals surface area (Å²) in [5.41, 5.74) is 2.12. The van der Waals surface area contributed by atoms with Crippen molar-refractivity contribution in [2.75, 3.05) is 39.3 Å². The van der Waals surface area contributed by atoms with Crippen LogP contribution in [-0.4, -0.2) is 65.7 Å². The topological polar surface area (TPSA) is 55.6 Å². The molecular formula is C31H40N3O3+. The fraction of sp³-hybridized carbons (Fsp3) is 0.548. The van der Waals surface area contributed by atoms with E-state index in [1.54, 1.807) is 0 Å². The Labute approximate surface area is 220 Å². The Morgan fingerprint density at radius 3 is 2.54 bits per heavy atom.